The second-order valence-electron chi connectivity index (χ2n) is 7.45. The monoisotopic (exact) mass is 346 g/mol. The topological polar surface area (TPSA) is 81.1 Å². The molecule has 2 N–H and O–H groups in total. The SMILES string of the molecule is Cc1ccccc1[C@@H]1CN(C(=O)C2(O)CCN(C)CC2)C[C@H]1C(=O)O. The van der Waals surface area contributed by atoms with Crippen molar-refractivity contribution in [2.24, 2.45) is 5.92 Å². The summed E-state index contributed by atoms with van der Waals surface area (Å²) in [5.41, 5.74) is 0.641. The molecule has 0 saturated carbocycles. The highest BCUT2D eigenvalue weighted by molar-refractivity contribution is 5.86. The number of aliphatic carboxylic acids is 1. The number of nitrogens with zero attached hydrogens (tertiary/aromatic N) is 2. The molecule has 2 fully saturated rings. The highest BCUT2D eigenvalue weighted by Crippen LogP contribution is 2.36. The van der Waals surface area contributed by atoms with Gasteiger partial charge in [-0.2, -0.15) is 0 Å². The van der Waals surface area contributed by atoms with Gasteiger partial charge in [0.15, 0.2) is 0 Å². The molecule has 136 valence electrons. The zero-order chi connectivity index (χ0) is 18.2. The van der Waals surface area contributed by atoms with E-state index in [4.69, 9.17) is 0 Å². The minimum Gasteiger partial charge on any atom is -0.481 e. The quantitative estimate of drug-likeness (QED) is 0.856. The number of carboxylic acids is 1. The summed E-state index contributed by atoms with van der Waals surface area (Å²) in [5, 5.41) is 20.4. The summed E-state index contributed by atoms with van der Waals surface area (Å²) in [7, 11) is 1.97. The number of likely N-dealkylation sites (tertiary alicyclic amines) is 2. The van der Waals surface area contributed by atoms with Crippen molar-refractivity contribution in [3.8, 4) is 0 Å². The van der Waals surface area contributed by atoms with Gasteiger partial charge >= 0.3 is 5.97 Å². The lowest BCUT2D eigenvalue weighted by molar-refractivity contribution is -0.155. The first-order valence-electron chi connectivity index (χ1n) is 8.80. The maximum atomic E-state index is 12.9. The average molecular weight is 346 g/mol. The fourth-order valence-electron chi connectivity index (χ4n) is 4.03. The molecule has 1 amide bonds. The molecule has 6 heteroatoms. The summed E-state index contributed by atoms with van der Waals surface area (Å²) in [4.78, 5) is 28.3. The number of carboxylic acid groups (broad SMARTS) is 1. The van der Waals surface area contributed by atoms with Crippen molar-refractivity contribution in [1.82, 2.24) is 9.80 Å². The fraction of sp³-hybridized carbons (Fsp3) is 0.579. The van der Waals surface area contributed by atoms with Crippen LogP contribution < -0.4 is 0 Å². The van der Waals surface area contributed by atoms with Crippen LogP contribution in [0.1, 0.15) is 29.9 Å². The maximum absolute atomic E-state index is 12.9. The molecule has 0 spiro atoms. The van der Waals surface area contributed by atoms with Gasteiger partial charge in [0.25, 0.3) is 5.91 Å². The Morgan fingerprint density at radius 1 is 1.16 bits per heavy atom. The summed E-state index contributed by atoms with van der Waals surface area (Å²) in [6.07, 6.45) is 0.789. The predicted octanol–water partition coefficient (Wildman–Crippen LogP) is 1.08. The van der Waals surface area contributed by atoms with Gasteiger partial charge in [-0.25, -0.2) is 0 Å². The van der Waals surface area contributed by atoms with Crippen LogP contribution in [0.4, 0.5) is 0 Å². The van der Waals surface area contributed by atoms with Crippen molar-refractivity contribution in [2.45, 2.75) is 31.3 Å². The Labute approximate surface area is 148 Å². The van der Waals surface area contributed by atoms with E-state index >= 15 is 0 Å². The molecule has 2 aliphatic rings. The Morgan fingerprint density at radius 2 is 1.80 bits per heavy atom. The Kier molecular flexibility index (Phi) is 4.84. The van der Waals surface area contributed by atoms with Crippen LogP contribution in [0, 0.1) is 12.8 Å². The smallest absolute Gasteiger partial charge is 0.308 e. The molecule has 3 rings (SSSR count). The lowest BCUT2D eigenvalue weighted by Crippen LogP contribution is -2.54. The van der Waals surface area contributed by atoms with Gasteiger partial charge in [-0.05, 0) is 37.9 Å². The molecule has 0 aromatic heterocycles. The molecule has 2 atom stereocenters. The van der Waals surface area contributed by atoms with Gasteiger partial charge < -0.3 is 20.0 Å². The molecular weight excluding hydrogens is 320 g/mol. The van der Waals surface area contributed by atoms with E-state index in [0.29, 0.717) is 32.5 Å². The van der Waals surface area contributed by atoms with E-state index in [0.717, 1.165) is 11.1 Å². The molecular formula is C19H26N2O4. The predicted molar refractivity (Wildman–Crippen MR) is 93.3 cm³/mol. The van der Waals surface area contributed by atoms with E-state index in [1.54, 1.807) is 4.90 Å². The van der Waals surface area contributed by atoms with Crippen LogP contribution in [0.15, 0.2) is 24.3 Å². The number of aryl methyl sites for hydroxylation is 1. The van der Waals surface area contributed by atoms with E-state index in [9.17, 15) is 19.8 Å². The van der Waals surface area contributed by atoms with E-state index in [-0.39, 0.29) is 18.4 Å². The largest absolute Gasteiger partial charge is 0.481 e. The first-order chi connectivity index (χ1) is 11.8. The zero-order valence-electron chi connectivity index (χ0n) is 14.8. The Balaban J connectivity index is 1.82. The van der Waals surface area contributed by atoms with E-state index < -0.39 is 17.5 Å². The summed E-state index contributed by atoms with van der Waals surface area (Å²) in [6, 6.07) is 7.72. The highest BCUT2D eigenvalue weighted by atomic mass is 16.4. The van der Waals surface area contributed by atoms with E-state index in [2.05, 4.69) is 4.90 Å². The van der Waals surface area contributed by atoms with Gasteiger partial charge in [0.05, 0.1) is 5.92 Å². The summed E-state index contributed by atoms with van der Waals surface area (Å²) >= 11 is 0. The van der Waals surface area contributed by atoms with Gasteiger partial charge in [-0.15, -0.1) is 0 Å². The number of hydrogen-bond acceptors (Lipinski definition) is 4. The van der Waals surface area contributed by atoms with Crippen molar-refractivity contribution in [1.29, 1.82) is 0 Å². The number of rotatable bonds is 3. The molecule has 2 aliphatic heterocycles. The molecule has 6 nitrogen and oxygen atoms in total. The number of benzene rings is 1. The van der Waals surface area contributed by atoms with Gasteiger partial charge in [-0.3, -0.25) is 9.59 Å². The van der Waals surface area contributed by atoms with Gasteiger partial charge in [0, 0.05) is 32.1 Å². The van der Waals surface area contributed by atoms with Crippen LogP contribution in [-0.4, -0.2) is 70.7 Å². The third kappa shape index (κ3) is 3.41. The van der Waals surface area contributed by atoms with Gasteiger partial charge in [0.2, 0.25) is 0 Å². The van der Waals surface area contributed by atoms with Crippen LogP contribution >= 0.6 is 0 Å². The van der Waals surface area contributed by atoms with Crippen LogP contribution in [0.25, 0.3) is 0 Å². The van der Waals surface area contributed by atoms with E-state index in [1.165, 1.54) is 0 Å². The summed E-state index contributed by atoms with van der Waals surface area (Å²) in [5.74, 6) is -2.08. The number of hydrogen-bond donors (Lipinski definition) is 2. The van der Waals surface area contributed by atoms with Crippen LogP contribution in [0.3, 0.4) is 0 Å². The number of piperidine rings is 1. The number of amides is 1. The highest BCUT2D eigenvalue weighted by Gasteiger charge is 2.47. The molecule has 0 bridgehead atoms. The lowest BCUT2D eigenvalue weighted by Gasteiger charge is -2.37. The van der Waals surface area contributed by atoms with Crippen molar-refractivity contribution in [3.63, 3.8) is 0 Å². The van der Waals surface area contributed by atoms with Crippen molar-refractivity contribution < 1.29 is 19.8 Å². The van der Waals surface area contributed by atoms with Crippen molar-refractivity contribution in [2.75, 3.05) is 33.2 Å². The Bertz CT molecular complexity index is 667. The van der Waals surface area contributed by atoms with Crippen LogP contribution in [0.5, 0.6) is 0 Å². The third-order valence-electron chi connectivity index (χ3n) is 5.72. The standard InChI is InChI=1S/C19H26N2O4/c1-13-5-3-4-6-14(13)15-11-21(12-16(15)17(22)23)18(24)19(25)7-9-20(2)10-8-19/h3-6,15-16,25H,7-12H2,1-2H3,(H,22,23)/t15-,16+/m0/s1. The summed E-state index contributed by atoms with van der Waals surface area (Å²) in [6.45, 7) is 3.80. The number of carbonyl (C=O) groups is 2. The Hall–Kier alpha value is -1.92. The van der Waals surface area contributed by atoms with E-state index in [1.807, 2.05) is 38.2 Å². The Morgan fingerprint density at radius 3 is 2.40 bits per heavy atom. The first kappa shape index (κ1) is 17.9. The lowest BCUT2D eigenvalue weighted by atomic mass is 9.86. The number of carbonyl (C=O) groups excluding carboxylic acids is 1. The molecule has 25 heavy (non-hydrogen) atoms. The molecule has 0 radical (unpaired) electrons. The zero-order valence-corrected chi connectivity index (χ0v) is 14.8. The second-order valence-corrected chi connectivity index (χ2v) is 7.45. The second kappa shape index (κ2) is 6.77. The minimum atomic E-state index is -1.36. The van der Waals surface area contributed by atoms with Crippen molar-refractivity contribution >= 4 is 11.9 Å². The van der Waals surface area contributed by atoms with Gasteiger partial charge in [0.1, 0.15) is 5.60 Å². The summed E-state index contributed by atoms with van der Waals surface area (Å²) < 4.78 is 0. The average Bonchev–Trinajstić information content (AvgIpc) is 3.02. The van der Waals surface area contributed by atoms with Crippen molar-refractivity contribution in [3.05, 3.63) is 35.4 Å². The molecule has 1 aromatic rings. The van der Waals surface area contributed by atoms with Crippen LogP contribution in [-0.2, 0) is 9.59 Å². The molecule has 0 unspecified atom stereocenters. The molecule has 0 aliphatic carbocycles. The molecule has 2 saturated heterocycles. The third-order valence-corrected chi connectivity index (χ3v) is 5.72. The molecule has 1 aromatic carbocycles. The fourth-order valence-corrected chi connectivity index (χ4v) is 4.03. The molecule has 2 heterocycles. The normalized spacial score (nSPS) is 26.6. The van der Waals surface area contributed by atoms with Gasteiger partial charge in [-0.1, -0.05) is 24.3 Å². The first-order valence-corrected chi connectivity index (χ1v) is 8.80. The minimum absolute atomic E-state index is 0.158. The number of aliphatic hydroxyl groups is 1. The maximum Gasteiger partial charge on any atom is 0.308 e. The van der Waals surface area contributed by atoms with Crippen LogP contribution in [0.2, 0.25) is 0 Å².